The van der Waals surface area contributed by atoms with Gasteiger partial charge in [0, 0.05) is 5.56 Å². The van der Waals surface area contributed by atoms with Gasteiger partial charge in [-0.2, -0.15) is 0 Å². The van der Waals surface area contributed by atoms with Crippen molar-refractivity contribution < 1.29 is 8.94 Å². The van der Waals surface area contributed by atoms with Gasteiger partial charge in [0.05, 0.1) is 5.71 Å². The van der Waals surface area contributed by atoms with Crippen molar-refractivity contribution in [3.8, 4) is 0 Å². The molecule has 1 atom stereocenters. The van der Waals surface area contributed by atoms with Crippen LogP contribution in [0.15, 0.2) is 22.6 Å². The molecule has 4 heteroatoms. The van der Waals surface area contributed by atoms with Gasteiger partial charge in [-0.25, -0.2) is 4.39 Å². The van der Waals surface area contributed by atoms with Gasteiger partial charge >= 0.3 is 0 Å². The van der Waals surface area contributed by atoms with Gasteiger partial charge in [0.2, 0.25) is 0 Å². The van der Waals surface area contributed by atoms with Crippen LogP contribution in [0.4, 0.5) is 4.39 Å². The molecule has 0 aliphatic heterocycles. The maximum Gasteiger partial charge on any atom is 0.144 e. The number of hydrogen-bond acceptors (Lipinski definition) is 2. The van der Waals surface area contributed by atoms with Crippen molar-refractivity contribution in [3.63, 3.8) is 0 Å². The topological polar surface area (TPSA) is 35.4 Å². The zero-order chi connectivity index (χ0) is 12.6. The van der Waals surface area contributed by atoms with Crippen molar-refractivity contribution >= 4 is 17.1 Å². The molecule has 0 aromatic heterocycles. The lowest BCUT2D eigenvalue weighted by Gasteiger charge is -2.18. The molecule has 0 unspecified atom stereocenters. The summed E-state index contributed by atoms with van der Waals surface area (Å²) in [5.74, 6) is -0.186. The van der Waals surface area contributed by atoms with Crippen LogP contribution in [0.3, 0.4) is 0 Å². The Bertz CT molecular complexity index is 465. The van der Waals surface area contributed by atoms with E-state index in [1.54, 1.807) is 6.07 Å². The van der Waals surface area contributed by atoms with Gasteiger partial charge in [0.25, 0.3) is 0 Å². The van der Waals surface area contributed by atoms with Crippen molar-refractivity contribution in [2.24, 2.45) is 4.40 Å². The molecule has 0 bridgehead atoms. The summed E-state index contributed by atoms with van der Waals surface area (Å²) >= 11 is -1.28. The van der Waals surface area contributed by atoms with E-state index in [2.05, 4.69) is 4.40 Å². The van der Waals surface area contributed by atoms with Gasteiger partial charge in [-0.3, -0.25) is 0 Å². The third kappa shape index (κ3) is 2.53. The largest absolute Gasteiger partial charge is 0.591 e. The van der Waals surface area contributed by atoms with Gasteiger partial charge in [-0.15, -0.1) is 0 Å². The molecule has 92 valence electrons. The average molecular weight is 253 g/mol. The standard InChI is InChI=1S/C13H16FNOS/c1-13(2,3)17(16)15-12-8-7-9-10(12)5-4-6-11(9)14/h4-6H,7-8H2,1-3H3/t17-/m0/s1. The van der Waals surface area contributed by atoms with Crippen LogP contribution in [-0.4, -0.2) is 15.0 Å². The first-order chi connectivity index (χ1) is 7.89. The quantitative estimate of drug-likeness (QED) is 0.708. The predicted octanol–water partition coefficient (Wildman–Crippen LogP) is 3.02. The number of hydrogen-bond donors (Lipinski definition) is 0. The minimum atomic E-state index is -1.28. The van der Waals surface area contributed by atoms with Crippen LogP contribution in [-0.2, 0) is 17.8 Å². The van der Waals surface area contributed by atoms with E-state index in [0.717, 1.165) is 11.3 Å². The number of nitrogens with zero attached hydrogens (tertiary/aromatic N) is 1. The SMILES string of the molecule is CC(C)(C)[S@+]([O-])N=C1CCc2c(F)cccc21. The molecular weight excluding hydrogens is 237 g/mol. The Morgan fingerprint density at radius 1 is 1.29 bits per heavy atom. The molecular formula is C13H16FNOS. The van der Waals surface area contributed by atoms with Crippen LogP contribution in [0.1, 0.15) is 38.3 Å². The Labute approximate surface area is 104 Å². The van der Waals surface area contributed by atoms with E-state index in [1.807, 2.05) is 26.8 Å². The van der Waals surface area contributed by atoms with Gasteiger partial charge < -0.3 is 4.55 Å². The Hall–Kier alpha value is -0.870. The molecule has 0 radical (unpaired) electrons. The van der Waals surface area contributed by atoms with Crippen LogP contribution in [0, 0.1) is 5.82 Å². The lowest BCUT2D eigenvalue weighted by atomic mass is 10.1. The first-order valence-electron chi connectivity index (χ1n) is 5.67. The summed E-state index contributed by atoms with van der Waals surface area (Å²) in [5, 5.41) is 0. The third-order valence-corrected chi connectivity index (χ3v) is 4.19. The highest BCUT2D eigenvalue weighted by Gasteiger charge is 2.29. The van der Waals surface area contributed by atoms with Gasteiger partial charge in [-0.05, 0) is 45.2 Å². The molecule has 17 heavy (non-hydrogen) atoms. The van der Waals surface area contributed by atoms with Crippen LogP contribution in [0.25, 0.3) is 0 Å². The number of halogens is 1. The summed E-state index contributed by atoms with van der Waals surface area (Å²) in [6.07, 6.45) is 1.33. The molecule has 0 heterocycles. The monoisotopic (exact) mass is 253 g/mol. The van der Waals surface area contributed by atoms with Crippen molar-refractivity contribution in [2.45, 2.75) is 38.4 Å². The Balaban J connectivity index is 2.34. The smallest absolute Gasteiger partial charge is 0.144 e. The van der Waals surface area contributed by atoms with E-state index in [9.17, 15) is 8.94 Å². The lowest BCUT2D eigenvalue weighted by Crippen LogP contribution is -2.26. The van der Waals surface area contributed by atoms with Gasteiger partial charge in [0.1, 0.15) is 21.9 Å². The van der Waals surface area contributed by atoms with E-state index >= 15 is 0 Å². The van der Waals surface area contributed by atoms with Crippen molar-refractivity contribution in [1.82, 2.24) is 0 Å². The minimum absolute atomic E-state index is 0.186. The fraction of sp³-hybridized carbons (Fsp3) is 0.462. The summed E-state index contributed by atoms with van der Waals surface area (Å²) in [6, 6.07) is 4.99. The predicted molar refractivity (Wildman–Crippen MR) is 69.2 cm³/mol. The molecule has 0 N–H and O–H groups in total. The number of benzene rings is 1. The summed E-state index contributed by atoms with van der Waals surface area (Å²) in [7, 11) is 0. The molecule has 1 aromatic carbocycles. The minimum Gasteiger partial charge on any atom is -0.591 e. The van der Waals surface area contributed by atoms with Crippen molar-refractivity contribution in [3.05, 3.63) is 35.1 Å². The fourth-order valence-corrected chi connectivity index (χ4v) is 2.46. The van der Waals surface area contributed by atoms with Crippen LogP contribution < -0.4 is 0 Å². The molecule has 1 aliphatic carbocycles. The summed E-state index contributed by atoms with van der Waals surface area (Å²) in [6.45, 7) is 5.65. The van der Waals surface area contributed by atoms with Gasteiger partial charge in [-0.1, -0.05) is 16.5 Å². The lowest BCUT2D eigenvalue weighted by molar-refractivity contribution is 0.561. The summed E-state index contributed by atoms with van der Waals surface area (Å²) < 4.78 is 29.3. The zero-order valence-electron chi connectivity index (χ0n) is 10.3. The van der Waals surface area contributed by atoms with Crippen LogP contribution in [0.5, 0.6) is 0 Å². The molecule has 0 saturated carbocycles. The van der Waals surface area contributed by atoms with Gasteiger partial charge in [0.15, 0.2) is 0 Å². The van der Waals surface area contributed by atoms with E-state index in [0.29, 0.717) is 18.4 Å². The van der Waals surface area contributed by atoms with Crippen molar-refractivity contribution in [2.75, 3.05) is 0 Å². The Morgan fingerprint density at radius 2 is 2.00 bits per heavy atom. The zero-order valence-corrected chi connectivity index (χ0v) is 11.1. The fourth-order valence-electron chi connectivity index (χ4n) is 1.79. The van der Waals surface area contributed by atoms with Crippen LogP contribution in [0.2, 0.25) is 0 Å². The maximum atomic E-state index is 13.5. The highest BCUT2D eigenvalue weighted by Crippen LogP contribution is 2.27. The molecule has 0 saturated heterocycles. The first-order valence-corrected chi connectivity index (χ1v) is 6.77. The number of rotatable bonds is 1. The van der Waals surface area contributed by atoms with Crippen molar-refractivity contribution in [1.29, 1.82) is 0 Å². The highest BCUT2D eigenvalue weighted by atomic mass is 32.2. The second kappa shape index (κ2) is 4.42. The molecule has 1 aliphatic rings. The average Bonchev–Trinajstić information content (AvgIpc) is 2.62. The summed E-state index contributed by atoms with van der Waals surface area (Å²) in [4.78, 5) is 0. The van der Waals surface area contributed by atoms with E-state index < -0.39 is 11.4 Å². The molecule has 2 nitrogen and oxygen atoms in total. The highest BCUT2D eigenvalue weighted by molar-refractivity contribution is 7.91. The molecule has 0 spiro atoms. The van der Waals surface area contributed by atoms with Crippen LogP contribution >= 0.6 is 0 Å². The molecule has 2 rings (SSSR count). The third-order valence-electron chi connectivity index (χ3n) is 2.76. The molecule has 0 amide bonds. The second-order valence-electron chi connectivity index (χ2n) is 5.17. The Kier molecular flexibility index (Phi) is 3.27. The van der Waals surface area contributed by atoms with E-state index in [1.165, 1.54) is 6.07 Å². The molecule has 0 fully saturated rings. The number of fused-ring (bicyclic) bond motifs is 1. The molecule has 1 aromatic rings. The first kappa shape index (κ1) is 12.6. The van der Waals surface area contributed by atoms with E-state index in [4.69, 9.17) is 0 Å². The summed E-state index contributed by atoms with van der Waals surface area (Å²) in [5.41, 5.74) is 2.30. The van der Waals surface area contributed by atoms with E-state index in [-0.39, 0.29) is 10.6 Å². The second-order valence-corrected chi connectivity index (χ2v) is 7.07. The maximum absolute atomic E-state index is 13.5. The Morgan fingerprint density at radius 3 is 2.65 bits per heavy atom. The normalized spacial score (nSPS) is 19.5.